The smallest absolute Gasteiger partial charge is 0.148 e. The van der Waals surface area contributed by atoms with Crippen LogP contribution < -0.4 is 0 Å². The van der Waals surface area contributed by atoms with Crippen LogP contribution >= 0.6 is 11.3 Å². The lowest BCUT2D eigenvalue weighted by Gasteiger charge is -1.72. The molecule has 0 bridgehead atoms. The van der Waals surface area contributed by atoms with Gasteiger partial charge in [0, 0.05) is 5.38 Å². The first-order chi connectivity index (χ1) is 4.33. The highest BCUT2D eigenvalue weighted by Crippen LogP contribution is 2.05. The molecule has 1 aromatic rings. The second-order valence-corrected chi connectivity index (χ2v) is 2.81. The first-order valence-corrected chi connectivity index (χ1v) is 3.81. The lowest BCUT2D eigenvalue weighted by molar-refractivity contribution is 1.27. The Balaban J connectivity index is 2.93. The molecule has 0 amide bonds. The van der Waals surface area contributed by atoms with Gasteiger partial charge in [-0.3, -0.25) is 0 Å². The highest BCUT2D eigenvalue weighted by molar-refractivity contribution is 7.09. The zero-order valence-electron chi connectivity index (χ0n) is 4.93. The molecule has 0 N–H and O–H groups in total. The van der Waals surface area contributed by atoms with Crippen LogP contribution in [0.15, 0.2) is 5.38 Å². The van der Waals surface area contributed by atoms with Gasteiger partial charge in [0.25, 0.3) is 0 Å². The molecule has 1 rings (SSSR count). The van der Waals surface area contributed by atoms with Crippen LogP contribution in [0.2, 0.25) is 0 Å². The normalized spacial score (nSPS) is 8.22. The SMILES string of the molecule is Cc1nc(C#C[Si])cs1. The van der Waals surface area contributed by atoms with Gasteiger partial charge >= 0.3 is 0 Å². The van der Waals surface area contributed by atoms with E-state index in [9.17, 15) is 0 Å². The number of thiazole rings is 1. The van der Waals surface area contributed by atoms with Gasteiger partial charge in [0.1, 0.15) is 15.9 Å². The van der Waals surface area contributed by atoms with Crippen LogP contribution in [0.3, 0.4) is 0 Å². The fourth-order valence-corrected chi connectivity index (χ4v) is 1.16. The molecule has 0 spiro atoms. The van der Waals surface area contributed by atoms with Crippen LogP contribution in [0.25, 0.3) is 0 Å². The van der Waals surface area contributed by atoms with Gasteiger partial charge in [-0.15, -0.1) is 16.9 Å². The minimum absolute atomic E-state index is 0.840. The average Bonchev–Trinajstić information content (AvgIpc) is 2.17. The van der Waals surface area contributed by atoms with E-state index >= 15 is 0 Å². The third-order valence-electron chi connectivity index (χ3n) is 0.810. The molecular formula is C6H4NSSi. The van der Waals surface area contributed by atoms with E-state index in [1.165, 1.54) is 0 Å². The number of hydrogen-bond donors (Lipinski definition) is 0. The number of nitrogens with zero attached hydrogens (tertiary/aromatic N) is 1. The molecule has 0 aliphatic carbocycles. The summed E-state index contributed by atoms with van der Waals surface area (Å²) in [5.74, 6) is 2.79. The maximum absolute atomic E-state index is 4.11. The van der Waals surface area contributed by atoms with Crippen molar-refractivity contribution in [2.75, 3.05) is 0 Å². The standard InChI is InChI=1S/C6H4NSSi/c1-5-7-6(2-3-9)4-8-5/h4H,1H3. The van der Waals surface area contributed by atoms with Crippen molar-refractivity contribution in [2.24, 2.45) is 0 Å². The fourth-order valence-electron chi connectivity index (χ4n) is 0.485. The van der Waals surface area contributed by atoms with E-state index < -0.39 is 0 Å². The quantitative estimate of drug-likeness (QED) is 0.396. The summed E-state index contributed by atoms with van der Waals surface area (Å²) in [5, 5.41) is 2.99. The third-order valence-corrected chi connectivity index (χ3v) is 1.71. The lowest BCUT2D eigenvalue weighted by Crippen LogP contribution is -1.72. The van der Waals surface area contributed by atoms with Gasteiger partial charge in [-0.25, -0.2) is 4.98 Å². The van der Waals surface area contributed by atoms with E-state index in [-0.39, 0.29) is 0 Å². The molecule has 1 heterocycles. The Morgan fingerprint density at radius 2 is 2.56 bits per heavy atom. The monoisotopic (exact) mass is 150 g/mol. The summed E-state index contributed by atoms with van der Waals surface area (Å²) in [7, 11) is 3.04. The highest BCUT2D eigenvalue weighted by atomic mass is 32.1. The summed E-state index contributed by atoms with van der Waals surface area (Å²) >= 11 is 1.61. The van der Waals surface area contributed by atoms with E-state index in [0.29, 0.717) is 0 Å². The van der Waals surface area contributed by atoms with Gasteiger partial charge in [0.2, 0.25) is 0 Å². The van der Waals surface area contributed by atoms with E-state index in [0.717, 1.165) is 10.7 Å². The summed E-state index contributed by atoms with van der Waals surface area (Å²) < 4.78 is 0. The van der Waals surface area contributed by atoms with Crippen LogP contribution in [0.5, 0.6) is 0 Å². The molecule has 0 saturated carbocycles. The molecule has 0 atom stereocenters. The van der Waals surface area contributed by atoms with E-state index in [1.54, 1.807) is 11.3 Å². The molecule has 0 fully saturated rings. The third kappa shape index (κ3) is 1.66. The average molecular weight is 150 g/mol. The number of rotatable bonds is 0. The van der Waals surface area contributed by atoms with Crippen molar-refractivity contribution in [3.8, 4) is 11.5 Å². The summed E-state index contributed by atoms with van der Waals surface area (Å²) in [6.07, 6.45) is 0. The second-order valence-electron chi connectivity index (χ2n) is 1.50. The van der Waals surface area contributed by atoms with Gasteiger partial charge in [-0.2, -0.15) is 0 Å². The minimum atomic E-state index is 0.840. The second kappa shape index (κ2) is 2.81. The van der Waals surface area contributed by atoms with Crippen molar-refractivity contribution >= 4 is 21.6 Å². The van der Waals surface area contributed by atoms with E-state index in [1.807, 2.05) is 12.3 Å². The molecule has 3 radical (unpaired) electrons. The first kappa shape index (κ1) is 6.53. The van der Waals surface area contributed by atoms with Crippen molar-refractivity contribution in [1.82, 2.24) is 4.98 Å². The summed E-state index contributed by atoms with van der Waals surface area (Å²) in [6, 6.07) is 0. The first-order valence-electron chi connectivity index (χ1n) is 2.43. The molecule has 0 saturated heterocycles. The largest absolute Gasteiger partial charge is 0.233 e. The highest BCUT2D eigenvalue weighted by Gasteiger charge is 1.89. The Labute approximate surface area is 61.6 Å². The number of hydrogen-bond acceptors (Lipinski definition) is 2. The molecule has 1 aromatic heterocycles. The Kier molecular flexibility index (Phi) is 2.04. The van der Waals surface area contributed by atoms with E-state index in [4.69, 9.17) is 0 Å². The molecule has 0 unspecified atom stereocenters. The van der Waals surface area contributed by atoms with Gasteiger partial charge in [0.05, 0.1) is 5.01 Å². The molecule has 1 nitrogen and oxygen atoms in total. The predicted octanol–water partition coefficient (Wildman–Crippen LogP) is 0.929. The van der Waals surface area contributed by atoms with Gasteiger partial charge in [-0.1, -0.05) is 5.92 Å². The van der Waals surface area contributed by atoms with E-state index in [2.05, 4.69) is 26.7 Å². The van der Waals surface area contributed by atoms with Crippen LogP contribution in [-0.2, 0) is 0 Å². The molecule has 0 aromatic carbocycles. The Morgan fingerprint density at radius 1 is 1.78 bits per heavy atom. The molecule has 43 valence electrons. The van der Waals surface area contributed by atoms with Crippen molar-refractivity contribution in [1.29, 1.82) is 0 Å². The van der Waals surface area contributed by atoms with Crippen LogP contribution in [0.1, 0.15) is 10.7 Å². The summed E-state index contributed by atoms with van der Waals surface area (Å²) in [6.45, 7) is 1.96. The molecule has 0 aliphatic rings. The minimum Gasteiger partial charge on any atom is -0.233 e. The lowest BCUT2D eigenvalue weighted by atomic mass is 10.5. The zero-order chi connectivity index (χ0) is 6.69. The molecular weight excluding hydrogens is 146 g/mol. The summed E-state index contributed by atoms with van der Waals surface area (Å²) in [5.41, 5.74) is 3.44. The number of aryl methyl sites for hydroxylation is 1. The maximum atomic E-state index is 4.11. The summed E-state index contributed by atoms with van der Waals surface area (Å²) in [4.78, 5) is 4.11. The fraction of sp³-hybridized carbons (Fsp3) is 0.167. The van der Waals surface area contributed by atoms with Crippen LogP contribution in [-0.4, -0.2) is 15.2 Å². The van der Waals surface area contributed by atoms with Crippen molar-refractivity contribution in [3.63, 3.8) is 0 Å². The van der Waals surface area contributed by atoms with Crippen molar-refractivity contribution < 1.29 is 0 Å². The zero-order valence-corrected chi connectivity index (χ0v) is 6.75. The maximum Gasteiger partial charge on any atom is 0.148 e. The number of aromatic nitrogens is 1. The Bertz CT molecular complexity index is 256. The van der Waals surface area contributed by atoms with Crippen LogP contribution in [0.4, 0.5) is 0 Å². The Hall–Kier alpha value is -0.593. The molecule has 3 heteroatoms. The predicted molar refractivity (Wildman–Crippen MR) is 39.5 cm³/mol. The van der Waals surface area contributed by atoms with Crippen molar-refractivity contribution in [2.45, 2.75) is 6.92 Å². The van der Waals surface area contributed by atoms with Crippen molar-refractivity contribution in [3.05, 3.63) is 16.1 Å². The van der Waals surface area contributed by atoms with Gasteiger partial charge in [0.15, 0.2) is 0 Å². The van der Waals surface area contributed by atoms with Gasteiger partial charge in [-0.05, 0) is 6.92 Å². The molecule has 9 heavy (non-hydrogen) atoms. The Morgan fingerprint density at radius 3 is 3.00 bits per heavy atom. The van der Waals surface area contributed by atoms with Crippen LogP contribution in [0, 0.1) is 18.4 Å². The van der Waals surface area contributed by atoms with Gasteiger partial charge < -0.3 is 0 Å². The molecule has 0 aliphatic heterocycles. The topological polar surface area (TPSA) is 12.9 Å².